The van der Waals surface area contributed by atoms with E-state index in [2.05, 4.69) is 15.9 Å². The molecule has 6 nitrogen and oxygen atoms in total. The number of hydrogen-bond acceptors (Lipinski definition) is 6. The molecule has 0 radical (unpaired) electrons. The lowest BCUT2D eigenvalue weighted by Crippen LogP contribution is -2.59. The third-order valence-electron chi connectivity index (χ3n) is 3.06. The van der Waals surface area contributed by atoms with Gasteiger partial charge in [0.15, 0.2) is 12.4 Å². The number of aliphatic hydroxyl groups excluding tert-OH is 3. The highest BCUT2D eigenvalue weighted by atomic mass is 79.9. The maximum atomic E-state index is 12.0. The minimum atomic E-state index is -1.53. The van der Waals surface area contributed by atoms with Crippen LogP contribution >= 0.6 is 15.9 Å². The largest absolute Gasteiger partial charge is 0.453 e. The molecule has 0 bridgehead atoms. The van der Waals surface area contributed by atoms with Gasteiger partial charge in [-0.1, -0.05) is 34.1 Å². The van der Waals surface area contributed by atoms with Gasteiger partial charge < -0.3 is 24.8 Å². The zero-order valence-electron chi connectivity index (χ0n) is 10.4. The summed E-state index contributed by atoms with van der Waals surface area (Å²) in [6, 6.07) is 8.28. The van der Waals surface area contributed by atoms with Crippen molar-refractivity contribution < 1.29 is 29.6 Å². The van der Waals surface area contributed by atoms with E-state index in [0.717, 1.165) is 0 Å². The Kier molecular flexibility index (Phi) is 5.11. The smallest absolute Gasteiger partial charge is 0.338 e. The third kappa shape index (κ3) is 3.18. The summed E-state index contributed by atoms with van der Waals surface area (Å²) in [6.45, 7) is 0. The van der Waals surface area contributed by atoms with Crippen molar-refractivity contribution in [1.82, 2.24) is 0 Å². The summed E-state index contributed by atoms with van der Waals surface area (Å²) < 4.78 is 10.3. The average molecular weight is 347 g/mol. The lowest BCUT2D eigenvalue weighted by molar-refractivity contribution is -0.275. The van der Waals surface area contributed by atoms with E-state index in [0.29, 0.717) is 5.56 Å². The summed E-state index contributed by atoms with van der Waals surface area (Å²) in [5.74, 6) is -0.632. The van der Waals surface area contributed by atoms with Crippen molar-refractivity contribution in [1.29, 1.82) is 0 Å². The van der Waals surface area contributed by atoms with Crippen molar-refractivity contribution in [3.63, 3.8) is 0 Å². The molecule has 20 heavy (non-hydrogen) atoms. The molecule has 2 rings (SSSR count). The van der Waals surface area contributed by atoms with Crippen LogP contribution in [0.15, 0.2) is 30.3 Å². The number of alkyl halides is 1. The summed E-state index contributed by atoms with van der Waals surface area (Å²) in [5.41, 5.74) is 0.327. The van der Waals surface area contributed by atoms with E-state index in [1.807, 2.05) is 0 Å². The molecular formula is C13H15BrO6. The Bertz CT molecular complexity index is 451. The quantitative estimate of drug-likeness (QED) is 0.528. The molecule has 1 aromatic rings. The molecule has 1 heterocycles. The highest BCUT2D eigenvalue weighted by Gasteiger charge is 2.45. The van der Waals surface area contributed by atoms with Crippen molar-refractivity contribution >= 4 is 21.9 Å². The van der Waals surface area contributed by atoms with Crippen LogP contribution in [0.25, 0.3) is 0 Å². The van der Waals surface area contributed by atoms with Gasteiger partial charge in [-0.25, -0.2) is 4.79 Å². The van der Waals surface area contributed by atoms with Gasteiger partial charge in [-0.05, 0) is 12.1 Å². The first-order chi connectivity index (χ1) is 9.54. The van der Waals surface area contributed by atoms with E-state index < -0.39 is 36.7 Å². The second-order valence-corrected chi connectivity index (χ2v) is 5.08. The normalized spacial score (nSPS) is 33.7. The standard InChI is InChI=1S/C13H15BrO6/c14-6-8-11(9(15)10(16)13(18)19-8)20-12(17)7-4-2-1-3-5-7/h1-5,8-11,13,15-16,18H,6H2/t8-,9-,10-,11+,13+/m1/s1. The number of carbonyl (C=O) groups is 1. The minimum Gasteiger partial charge on any atom is -0.453 e. The maximum Gasteiger partial charge on any atom is 0.338 e. The first-order valence-electron chi connectivity index (χ1n) is 6.06. The monoisotopic (exact) mass is 346 g/mol. The molecule has 3 N–H and O–H groups in total. The average Bonchev–Trinajstić information content (AvgIpc) is 2.48. The number of rotatable bonds is 3. The van der Waals surface area contributed by atoms with Gasteiger partial charge in [0.05, 0.1) is 5.56 Å². The molecule has 110 valence electrons. The van der Waals surface area contributed by atoms with Crippen LogP contribution in [0, 0.1) is 0 Å². The molecule has 1 fully saturated rings. The molecule has 0 aliphatic carbocycles. The maximum absolute atomic E-state index is 12.0. The van der Waals surface area contributed by atoms with Gasteiger partial charge in [0.2, 0.25) is 0 Å². The number of hydrogen-bond donors (Lipinski definition) is 3. The van der Waals surface area contributed by atoms with E-state index in [-0.39, 0.29) is 5.33 Å². The Morgan fingerprint density at radius 1 is 1.20 bits per heavy atom. The SMILES string of the molecule is O=C(O[C@@H]1[C@H](O)[C@@H](O)[C@@H](O)O[C@@H]1CBr)c1ccccc1. The Balaban J connectivity index is 2.11. The lowest BCUT2D eigenvalue weighted by Gasteiger charge is -2.39. The van der Waals surface area contributed by atoms with Gasteiger partial charge >= 0.3 is 5.97 Å². The molecule has 1 aliphatic rings. The molecule has 0 spiro atoms. The molecule has 0 saturated carbocycles. The van der Waals surface area contributed by atoms with Gasteiger partial charge in [-0.2, -0.15) is 0 Å². The second-order valence-electron chi connectivity index (χ2n) is 4.44. The number of ether oxygens (including phenoxy) is 2. The van der Waals surface area contributed by atoms with Crippen LogP contribution in [0.2, 0.25) is 0 Å². The van der Waals surface area contributed by atoms with Crippen LogP contribution in [-0.2, 0) is 9.47 Å². The fourth-order valence-electron chi connectivity index (χ4n) is 1.96. The highest BCUT2D eigenvalue weighted by molar-refractivity contribution is 9.09. The number of benzene rings is 1. The molecule has 1 saturated heterocycles. The third-order valence-corrected chi connectivity index (χ3v) is 3.70. The van der Waals surface area contributed by atoms with Crippen LogP contribution in [-0.4, -0.2) is 57.3 Å². The van der Waals surface area contributed by atoms with Crippen molar-refractivity contribution in [2.24, 2.45) is 0 Å². The fourth-order valence-corrected chi connectivity index (χ4v) is 2.48. The van der Waals surface area contributed by atoms with Crippen molar-refractivity contribution in [3.8, 4) is 0 Å². The molecule has 5 atom stereocenters. The Morgan fingerprint density at radius 3 is 2.45 bits per heavy atom. The zero-order valence-corrected chi connectivity index (χ0v) is 12.0. The summed E-state index contributed by atoms with van der Waals surface area (Å²) in [7, 11) is 0. The summed E-state index contributed by atoms with van der Waals surface area (Å²) in [4.78, 5) is 12.0. The zero-order chi connectivity index (χ0) is 14.7. The van der Waals surface area contributed by atoms with Crippen LogP contribution in [0.1, 0.15) is 10.4 Å². The first kappa shape index (κ1) is 15.4. The molecule has 0 amide bonds. The Morgan fingerprint density at radius 2 is 1.85 bits per heavy atom. The summed E-state index contributed by atoms with van der Waals surface area (Å²) >= 11 is 3.15. The highest BCUT2D eigenvalue weighted by Crippen LogP contribution is 2.24. The molecule has 0 unspecified atom stereocenters. The number of carbonyl (C=O) groups excluding carboxylic acids is 1. The molecule has 1 aliphatic heterocycles. The fraction of sp³-hybridized carbons (Fsp3) is 0.462. The van der Waals surface area contributed by atoms with E-state index in [9.17, 15) is 20.1 Å². The van der Waals surface area contributed by atoms with Gasteiger partial charge in [0.1, 0.15) is 18.3 Å². The topological polar surface area (TPSA) is 96.2 Å². The van der Waals surface area contributed by atoms with Crippen LogP contribution in [0.5, 0.6) is 0 Å². The summed E-state index contributed by atoms with van der Waals surface area (Å²) in [5, 5.41) is 29.2. The minimum absolute atomic E-state index is 0.237. The Labute approximate surface area is 124 Å². The number of aliphatic hydroxyl groups is 3. The van der Waals surface area contributed by atoms with Gasteiger partial charge in [-0.3, -0.25) is 0 Å². The molecule has 7 heteroatoms. The second kappa shape index (κ2) is 6.64. The van der Waals surface area contributed by atoms with E-state index in [1.165, 1.54) is 0 Å². The van der Waals surface area contributed by atoms with Crippen LogP contribution in [0.3, 0.4) is 0 Å². The first-order valence-corrected chi connectivity index (χ1v) is 7.18. The van der Waals surface area contributed by atoms with E-state index >= 15 is 0 Å². The van der Waals surface area contributed by atoms with Gasteiger partial charge in [0.25, 0.3) is 0 Å². The number of halogens is 1. The van der Waals surface area contributed by atoms with Crippen LogP contribution in [0.4, 0.5) is 0 Å². The number of esters is 1. The molecule has 0 aromatic heterocycles. The molecule has 1 aromatic carbocycles. The van der Waals surface area contributed by atoms with Gasteiger partial charge in [0, 0.05) is 5.33 Å². The lowest BCUT2D eigenvalue weighted by atomic mass is 9.99. The molecular weight excluding hydrogens is 332 g/mol. The van der Waals surface area contributed by atoms with Gasteiger partial charge in [-0.15, -0.1) is 0 Å². The van der Waals surface area contributed by atoms with Crippen molar-refractivity contribution in [2.45, 2.75) is 30.7 Å². The van der Waals surface area contributed by atoms with Crippen LogP contribution < -0.4 is 0 Å². The predicted octanol–water partition coefficient (Wildman–Crippen LogP) is 0.0459. The van der Waals surface area contributed by atoms with E-state index in [4.69, 9.17) is 9.47 Å². The Hall–Kier alpha value is -0.990. The van der Waals surface area contributed by atoms with Crippen molar-refractivity contribution in [2.75, 3.05) is 5.33 Å². The van der Waals surface area contributed by atoms with E-state index in [1.54, 1.807) is 30.3 Å². The summed E-state index contributed by atoms with van der Waals surface area (Å²) in [6.07, 6.45) is -6.29. The predicted molar refractivity (Wildman–Crippen MR) is 72.3 cm³/mol. The van der Waals surface area contributed by atoms with Crippen molar-refractivity contribution in [3.05, 3.63) is 35.9 Å².